The van der Waals surface area contributed by atoms with Crippen LogP contribution in [0.3, 0.4) is 0 Å². The number of carbonyl (C=O) groups excluding carboxylic acids is 1. The van der Waals surface area contributed by atoms with Crippen LogP contribution in [0.5, 0.6) is 0 Å². The predicted octanol–water partition coefficient (Wildman–Crippen LogP) is 3.50. The highest BCUT2D eigenvalue weighted by Gasteiger charge is 2.18. The third-order valence-corrected chi connectivity index (χ3v) is 4.02. The molecule has 0 saturated heterocycles. The van der Waals surface area contributed by atoms with Crippen molar-refractivity contribution >= 4 is 29.6 Å². The number of nitrogens with one attached hydrogen (secondary N) is 1. The van der Waals surface area contributed by atoms with Gasteiger partial charge >= 0.3 is 0 Å². The van der Waals surface area contributed by atoms with Crippen molar-refractivity contribution in [3.63, 3.8) is 0 Å². The first kappa shape index (κ1) is 17.4. The highest BCUT2D eigenvalue weighted by Crippen LogP contribution is 2.26. The van der Waals surface area contributed by atoms with Crippen LogP contribution in [-0.2, 0) is 0 Å². The van der Waals surface area contributed by atoms with Crippen molar-refractivity contribution < 1.29 is 14.1 Å². The Morgan fingerprint density at radius 3 is 2.77 bits per heavy atom. The number of rotatable bonds is 6. The largest absolute Gasteiger partial charge is 0.448 e. The zero-order valence-electron chi connectivity index (χ0n) is 13.2. The molecule has 2 aromatic heterocycles. The van der Waals surface area contributed by atoms with Crippen molar-refractivity contribution in [2.24, 2.45) is 5.10 Å². The third kappa shape index (κ3) is 4.33. The van der Waals surface area contributed by atoms with Gasteiger partial charge in [0.25, 0.3) is 11.6 Å². The minimum atomic E-state index is -0.678. The first-order valence-electron chi connectivity index (χ1n) is 7.39. The van der Waals surface area contributed by atoms with Gasteiger partial charge in [-0.25, -0.2) is 10.4 Å². The highest BCUT2D eigenvalue weighted by molar-refractivity contribution is 7.99. The maximum Gasteiger partial charge on any atom is 0.282 e. The van der Waals surface area contributed by atoms with Gasteiger partial charge in [0, 0.05) is 12.3 Å². The second kappa shape index (κ2) is 8.08. The van der Waals surface area contributed by atoms with E-state index < -0.39 is 10.8 Å². The molecule has 9 heteroatoms. The van der Waals surface area contributed by atoms with E-state index in [4.69, 9.17) is 4.42 Å². The molecule has 0 aliphatic carbocycles. The van der Waals surface area contributed by atoms with Gasteiger partial charge in [-0.15, -0.1) is 0 Å². The number of hydrazone groups is 1. The van der Waals surface area contributed by atoms with Crippen molar-refractivity contribution in [1.29, 1.82) is 0 Å². The zero-order valence-corrected chi connectivity index (χ0v) is 14.1. The van der Waals surface area contributed by atoms with Gasteiger partial charge in [0.15, 0.2) is 5.09 Å². The average molecular weight is 368 g/mol. The Kier molecular flexibility index (Phi) is 5.40. The molecule has 0 radical (unpaired) electrons. The van der Waals surface area contributed by atoms with E-state index in [-0.39, 0.29) is 11.3 Å². The number of carbonyl (C=O) groups is 1. The summed E-state index contributed by atoms with van der Waals surface area (Å²) in [6, 6.07) is 14.6. The number of hydrogen-bond acceptors (Lipinski definition) is 7. The lowest BCUT2D eigenvalue weighted by molar-refractivity contribution is -0.385. The molecule has 0 aliphatic rings. The Bertz CT molecular complexity index is 956. The van der Waals surface area contributed by atoms with E-state index in [0.29, 0.717) is 10.9 Å². The summed E-state index contributed by atoms with van der Waals surface area (Å²) in [5.41, 5.74) is 1.89. The lowest BCUT2D eigenvalue weighted by atomic mass is 10.2. The second-order valence-corrected chi connectivity index (χ2v) is 5.92. The molecule has 0 atom stereocenters. The average Bonchev–Trinajstić information content (AvgIpc) is 3.09. The quantitative estimate of drug-likeness (QED) is 0.405. The molecule has 0 saturated carbocycles. The molecular formula is C17H12N4O4S. The number of hydrogen-bond donors (Lipinski definition) is 1. The summed E-state index contributed by atoms with van der Waals surface area (Å²) < 4.78 is 5.55. The molecule has 0 spiro atoms. The molecule has 8 nitrogen and oxygen atoms in total. The van der Waals surface area contributed by atoms with Gasteiger partial charge in [0.05, 0.1) is 11.1 Å². The first-order valence-corrected chi connectivity index (χ1v) is 8.20. The number of nitro groups is 1. The van der Waals surface area contributed by atoms with Crippen LogP contribution in [-0.4, -0.2) is 22.0 Å². The number of pyridine rings is 1. The smallest absolute Gasteiger partial charge is 0.282 e. The Morgan fingerprint density at radius 2 is 2.00 bits per heavy atom. The minimum absolute atomic E-state index is 0.0690. The van der Waals surface area contributed by atoms with Crippen LogP contribution in [0.25, 0.3) is 0 Å². The molecule has 2 heterocycles. The fraction of sp³-hybridized carbons (Fsp3) is 0. The van der Waals surface area contributed by atoms with Gasteiger partial charge < -0.3 is 4.42 Å². The van der Waals surface area contributed by atoms with Crippen LogP contribution in [0.4, 0.5) is 5.69 Å². The second-order valence-electron chi connectivity index (χ2n) is 4.90. The molecule has 3 aromatic rings. The first-order chi connectivity index (χ1) is 12.6. The van der Waals surface area contributed by atoms with Gasteiger partial charge in [-0.3, -0.25) is 14.9 Å². The van der Waals surface area contributed by atoms with Gasteiger partial charge in [-0.1, -0.05) is 18.2 Å². The van der Waals surface area contributed by atoms with Gasteiger partial charge in [0.2, 0.25) is 0 Å². The number of amides is 1. The fourth-order valence-corrected chi connectivity index (χ4v) is 2.75. The van der Waals surface area contributed by atoms with E-state index in [1.165, 1.54) is 36.2 Å². The highest BCUT2D eigenvalue weighted by atomic mass is 32.2. The van der Waals surface area contributed by atoms with Crippen molar-refractivity contribution in [3.8, 4) is 0 Å². The summed E-state index contributed by atoms with van der Waals surface area (Å²) in [6.45, 7) is 0. The van der Waals surface area contributed by atoms with E-state index >= 15 is 0 Å². The maximum absolute atomic E-state index is 12.0. The van der Waals surface area contributed by atoms with E-state index in [0.717, 1.165) is 5.03 Å². The number of benzene rings is 1. The molecule has 0 fully saturated rings. The van der Waals surface area contributed by atoms with Gasteiger partial charge in [-0.2, -0.15) is 5.10 Å². The Labute approximate surface area is 152 Å². The summed E-state index contributed by atoms with van der Waals surface area (Å²) in [4.78, 5) is 26.5. The Morgan fingerprint density at radius 1 is 1.19 bits per heavy atom. The molecular weight excluding hydrogens is 356 g/mol. The van der Waals surface area contributed by atoms with Crippen LogP contribution in [0, 0.1) is 10.1 Å². The molecule has 1 N–H and O–H groups in total. The molecule has 0 unspecified atom stereocenters. The van der Waals surface area contributed by atoms with Crippen LogP contribution in [0.15, 0.2) is 80.4 Å². The van der Waals surface area contributed by atoms with E-state index in [9.17, 15) is 14.9 Å². The SMILES string of the molecule is O=C(N/N=C/c1ccc(Sc2ccccn2)o1)c1ccccc1[N+](=O)[O-]. The van der Waals surface area contributed by atoms with Crippen LogP contribution >= 0.6 is 11.8 Å². The maximum atomic E-state index is 12.0. The van der Waals surface area contributed by atoms with E-state index in [2.05, 4.69) is 15.5 Å². The summed E-state index contributed by atoms with van der Waals surface area (Å²) >= 11 is 1.35. The van der Waals surface area contributed by atoms with Crippen molar-refractivity contribution in [2.45, 2.75) is 10.1 Å². The molecule has 26 heavy (non-hydrogen) atoms. The summed E-state index contributed by atoms with van der Waals surface area (Å²) in [5, 5.41) is 16.1. The number of furan rings is 1. The monoisotopic (exact) mass is 368 g/mol. The molecule has 1 amide bonds. The van der Waals surface area contributed by atoms with E-state index in [1.807, 2.05) is 18.2 Å². The predicted molar refractivity (Wildman–Crippen MR) is 95.2 cm³/mol. The third-order valence-electron chi connectivity index (χ3n) is 3.15. The number of aromatic nitrogens is 1. The van der Waals surface area contributed by atoms with Gasteiger partial charge in [-0.05, 0) is 42.1 Å². The fourth-order valence-electron chi connectivity index (χ4n) is 2.01. The molecule has 1 aromatic carbocycles. The number of para-hydroxylation sites is 1. The van der Waals surface area contributed by atoms with Crippen molar-refractivity contribution in [1.82, 2.24) is 10.4 Å². The summed E-state index contributed by atoms with van der Waals surface area (Å²) in [7, 11) is 0. The zero-order chi connectivity index (χ0) is 18.4. The standard InChI is InChI=1S/C17H12N4O4S/c22-17(13-5-1-2-6-14(13)21(23)24)20-19-11-12-8-9-16(25-12)26-15-7-3-4-10-18-15/h1-11H,(H,20,22)/b19-11+. The summed E-state index contributed by atoms with van der Waals surface area (Å²) in [5.74, 6) is -0.255. The molecule has 0 aliphatic heterocycles. The van der Waals surface area contributed by atoms with Crippen LogP contribution in [0.1, 0.15) is 16.1 Å². The lowest BCUT2D eigenvalue weighted by Gasteiger charge is -2.00. The van der Waals surface area contributed by atoms with Gasteiger partial charge in [0.1, 0.15) is 16.3 Å². The molecule has 3 rings (SSSR count). The summed E-state index contributed by atoms with van der Waals surface area (Å²) in [6.07, 6.45) is 3.00. The Hall–Kier alpha value is -3.46. The topological polar surface area (TPSA) is 111 Å². The van der Waals surface area contributed by atoms with Crippen molar-refractivity contribution in [3.05, 3.63) is 82.2 Å². The molecule has 0 bridgehead atoms. The lowest BCUT2D eigenvalue weighted by Crippen LogP contribution is -2.18. The van der Waals surface area contributed by atoms with E-state index in [1.54, 1.807) is 24.4 Å². The minimum Gasteiger partial charge on any atom is -0.448 e. The normalized spacial score (nSPS) is 10.8. The Balaban J connectivity index is 1.63. The van der Waals surface area contributed by atoms with Crippen LogP contribution < -0.4 is 5.43 Å². The number of nitro benzene ring substituents is 1. The number of nitrogens with zero attached hydrogens (tertiary/aromatic N) is 3. The van der Waals surface area contributed by atoms with Crippen LogP contribution in [0.2, 0.25) is 0 Å². The van der Waals surface area contributed by atoms with Crippen molar-refractivity contribution in [2.75, 3.05) is 0 Å². The molecule has 130 valence electrons.